The van der Waals surface area contributed by atoms with Gasteiger partial charge in [0.15, 0.2) is 6.35 Å². The lowest BCUT2D eigenvalue weighted by molar-refractivity contribution is -0.136. The van der Waals surface area contributed by atoms with Crippen molar-refractivity contribution >= 4 is 10.9 Å². The lowest BCUT2D eigenvalue weighted by Crippen LogP contribution is -2.44. The van der Waals surface area contributed by atoms with Crippen LogP contribution in [0, 0.1) is 0 Å². The van der Waals surface area contributed by atoms with E-state index in [1.165, 1.54) is 6.07 Å². The molecule has 3 atom stereocenters. The zero-order chi connectivity index (χ0) is 35.5. The molecule has 0 spiro atoms. The average molecular weight is 686 g/mol. The lowest BCUT2D eigenvalue weighted by Gasteiger charge is -2.30. The summed E-state index contributed by atoms with van der Waals surface area (Å²) in [4.78, 5) is 5.93. The molecule has 1 aliphatic heterocycles. The maximum atomic E-state index is 14.0. The van der Waals surface area contributed by atoms with Gasteiger partial charge in [0.05, 0.1) is 29.3 Å². The molecule has 1 aliphatic rings. The van der Waals surface area contributed by atoms with Gasteiger partial charge in [-0.3, -0.25) is 10.3 Å². The van der Waals surface area contributed by atoms with Gasteiger partial charge in [-0.25, -0.2) is 4.90 Å². The topological polar surface area (TPSA) is 87.1 Å². The molecule has 3 unspecified atom stereocenters. The molecule has 50 heavy (non-hydrogen) atoms. The highest BCUT2D eigenvalue weighted by Gasteiger charge is 2.48. The van der Waals surface area contributed by atoms with Crippen molar-refractivity contribution in [2.75, 3.05) is 13.2 Å². The first-order valence-electron chi connectivity index (χ1n) is 16.9. The van der Waals surface area contributed by atoms with Crippen molar-refractivity contribution in [1.82, 2.24) is 15.2 Å². The molecule has 0 aliphatic carbocycles. The first-order chi connectivity index (χ1) is 23.9. The van der Waals surface area contributed by atoms with E-state index in [9.17, 15) is 23.4 Å². The van der Waals surface area contributed by atoms with E-state index in [1.54, 1.807) is 17.2 Å². The number of nitrogens with zero attached hydrogens (tertiary/aromatic N) is 2. The van der Waals surface area contributed by atoms with E-state index < -0.39 is 29.9 Å². The van der Waals surface area contributed by atoms with Crippen LogP contribution >= 0.6 is 0 Å². The summed E-state index contributed by atoms with van der Waals surface area (Å²) < 4.78 is 53.8. The molecular weight excluding hydrogens is 643 g/mol. The minimum absolute atomic E-state index is 0.0478. The summed E-state index contributed by atoms with van der Waals surface area (Å²) in [5.41, 5.74) is 2.33. The molecule has 2 heterocycles. The van der Waals surface area contributed by atoms with Crippen molar-refractivity contribution in [2.45, 2.75) is 70.4 Å². The van der Waals surface area contributed by atoms with Gasteiger partial charge >= 0.3 is 6.18 Å². The number of rotatable bonds is 12. The number of nitrogens with one attached hydrogen (secondary N) is 1. The maximum Gasteiger partial charge on any atom is 0.418 e. The van der Waals surface area contributed by atoms with Crippen LogP contribution in [0.4, 0.5) is 13.2 Å². The number of aromatic nitrogens is 1. The molecule has 0 saturated carbocycles. The zero-order valence-corrected chi connectivity index (χ0v) is 28.3. The van der Waals surface area contributed by atoms with Crippen LogP contribution in [0.3, 0.4) is 0 Å². The lowest BCUT2D eigenvalue weighted by atomic mass is 9.91. The van der Waals surface area contributed by atoms with Gasteiger partial charge in [0, 0.05) is 18.1 Å². The van der Waals surface area contributed by atoms with Crippen LogP contribution in [-0.2, 0) is 18.1 Å². The highest BCUT2D eigenvalue weighted by atomic mass is 19.4. The fourth-order valence-electron chi connectivity index (χ4n) is 6.63. The molecule has 10 heteroatoms. The zero-order valence-electron chi connectivity index (χ0n) is 28.3. The number of hydrogen-bond acceptors (Lipinski definition) is 7. The van der Waals surface area contributed by atoms with Crippen LogP contribution in [0.25, 0.3) is 22.0 Å². The number of aliphatic hydroxyl groups excluding tert-OH is 2. The van der Waals surface area contributed by atoms with Crippen molar-refractivity contribution in [2.24, 2.45) is 0 Å². The van der Waals surface area contributed by atoms with Crippen LogP contribution in [0.2, 0.25) is 0 Å². The quantitative estimate of drug-likeness (QED) is 0.115. The fraction of sp³-hybridized carbons (Fsp3) is 0.325. The Hall–Kier alpha value is -4.48. The van der Waals surface area contributed by atoms with Crippen LogP contribution < -0.4 is 14.8 Å². The molecule has 7 nitrogen and oxygen atoms in total. The van der Waals surface area contributed by atoms with Crippen LogP contribution in [-0.4, -0.2) is 51.9 Å². The van der Waals surface area contributed by atoms with Crippen LogP contribution in [0.1, 0.15) is 55.9 Å². The minimum Gasteiger partial charge on any atom is -0.494 e. The highest BCUT2D eigenvalue weighted by Crippen LogP contribution is 2.40. The Morgan fingerprint density at radius 3 is 2.36 bits per heavy atom. The second-order valence-electron chi connectivity index (χ2n) is 13.1. The largest absolute Gasteiger partial charge is 0.494 e. The Morgan fingerprint density at radius 2 is 1.64 bits per heavy atom. The van der Waals surface area contributed by atoms with E-state index in [1.807, 2.05) is 99.6 Å². The number of para-hydroxylation sites is 1. The monoisotopic (exact) mass is 685 g/mol. The number of hydrogen-bond donors (Lipinski definition) is 3. The number of ether oxygens (including phenoxy) is 2. The smallest absolute Gasteiger partial charge is 0.418 e. The van der Waals surface area contributed by atoms with Crippen molar-refractivity contribution in [3.05, 3.63) is 126 Å². The summed E-state index contributed by atoms with van der Waals surface area (Å²) in [5, 5.41) is 25.6. The molecule has 262 valence electrons. The van der Waals surface area contributed by atoms with Crippen molar-refractivity contribution in [3.8, 4) is 22.6 Å². The predicted octanol–water partition coefficient (Wildman–Crippen LogP) is 7.87. The summed E-state index contributed by atoms with van der Waals surface area (Å²) in [5.74, 6) is 1.32. The molecule has 1 aromatic heterocycles. The second-order valence-corrected chi connectivity index (χ2v) is 13.1. The van der Waals surface area contributed by atoms with Gasteiger partial charge in [-0.1, -0.05) is 66.7 Å². The third-order valence-corrected chi connectivity index (χ3v) is 9.12. The summed E-state index contributed by atoms with van der Waals surface area (Å²) >= 11 is 0. The molecule has 6 rings (SSSR count). The van der Waals surface area contributed by atoms with E-state index >= 15 is 0 Å². The van der Waals surface area contributed by atoms with Gasteiger partial charge < -0.3 is 19.7 Å². The van der Waals surface area contributed by atoms with Gasteiger partial charge in [0.1, 0.15) is 17.7 Å². The van der Waals surface area contributed by atoms with E-state index in [-0.39, 0.29) is 11.6 Å². The first kappa shape index (κ1) is 35.3. The highest BCUT2D eigenvalue weighted by molar-refractivity contribution is 5.98. The summed E-state index contributed by atoms with van der Waals surface area (Å²) in [7, 11) is 0. The van der Waals surface area contributed by atoms with Gasteiger partial charge in [-0.15, -0.1) is 0 Å². The van der Waals surface area contributed by atoms with Gasteiger partial charge in [-0.05, 0) is 98.2 Å². The standard InChI is InChI=1S/C40H42F3N3O4/c1-26(2)50-31-19-17-30(18-20-31)39(3)37(47)46(38(48)45-39)21-7-8-22-49-32-14-9-13-28(24-32)35-29(23-27-11-5-4-6-12-27)25-44-36-33(35)15-10-16-34(36)40(41,42)43/h4-6,9-20,24-26,37-38,45,47-48H,7-8,21-23H2,1-3H3. The molecule has 0 radical (unpaired) electrons. The molecule has 1 saturated heterocycles. The number of benzene rings is 4. The predicted molar refractivity (Wildman–Crippen MR) is 188 cm³/mol. The Balaban J connectivity index is 1.14. The maximum absolute atomic E-state index is 14.0. The third-order valence-electron chi connectivity index (χ3n) is 9.12. The van der Waals surface area contributed by atoms with Gasteiger partial charge in [0.25, 0.3) is 0 Å². The summed E-state index contributed by atoms with van der Waals surface area (Å²) in [6.45, 7) is 6.57. The van der Waals surface area contributed by atoms with Crippen LogP contribution in [0.5, 0.6) is 11.5 Å². The van der Waals surface area contributed by atoms with Crippen molar-refractivity contribution in [3.63, 3.8) is 0 Å². The number of pyridine rings is 1. The van der Waals surface area contributed by atoms with Gasteiger partial charge in [0.2, 0.25) is 0 Å². The molecule has 4 aromatic carbocycles. The Kier molecular flexibility index (Phi) is 10.5. The Labute approximate surface area is 290 Å². The second kappa shape index (κ2) is 14.8. The van der Waals surface area contributed by atoms with Gasteiger partial charge in [-0.2, -0.15) is 13.2 Å². The molecule has 5 aromatic rings. The van der Waals surface area contributed by atoms with Crippen LogP contribution in [0.15, 0.2) is 103 Å². The van der Waals surface area contributed by atoms with Crippen molar-refractivity contribution < 1.29 is 32.9 Å². The van der Waals surface area contributed by atoms with E-state index in [2.05, 4.69) is 10.3 Å². The number of halogens is 3. The normalized spacial score (nSPS) is 19.7. The Morgan fingerprint density at radius 1 is 0.900 bits per heavy atom. The molecule has 0 amide bonds. The van der Waals surface area contributed by atoms with Crippen molar-refractivity contribution in [1.29, 1.82) is 0 Å². The summed E-state index contributed by atoms with van der Waals surface area (Å²) in [6.07, 6.45) is -3.16. The summed E-state index contributed by atoms with van der Waals surface area (Å²) in [6, 6.07) is 28.8. The molecule has 0 bridgehead atoms. The third kappa shape index (κ3) is 7.63. The Bertz CT molecular complexity index is 1900. The van der Waals surface area contributed by atoms with E-state index in [4.69, 9.17) is 9.47 Å². The fourth-order valence-corrected chi connectivity index (χ4v) is 6.63. The number of aliphatic hydroxyl groups is 2. The average Bonchev–Trinajstić information content (AvgIpc) is 3.31. The number of alkyl halides is 3. The van der Waals surface area contributed by atoms with E-state index in [0.717, 1.165) is 34.1 Å². The number of fused-ring (bicyclic) bond motifs is 1. The number of unbranched alkanes of at least 4 members (excludes halogenated alkanes) is 1. The molecular formula is C40H42F3N3O4. The SMILES string of the molecule is CC(C)Oc1ccc(C2(C)NC(O)N(CCCCOc3cccc(-c4c(Cc5ccccc5)cnc5c(C(F)(F)F)cccc45)c3)C2O)cc1. The van der Waals surface area contributed by atoms with E-state index in [0.29, 0.717) is 49.1 Å². The first-order valence-corrected chi connectivity index (χ1v) is 16.9. The minimum atomic E-state index is -4.54. The molecule has 1 fully saturated rings. The molecule has 3 N–H and O–H groups in total.